The number of carbonyl (C=O) groups is 3. The first kappa shape index (κ1) is 23.3. The summed E-state index contributed by atoms with van der Waals surface area (Å²) in [6.45, 7) is 1.51. The highest BCUT2D eigenvalue weighted by molar-refractivity contribution is 6.20. The van der Waals surface area contributed by atoms with Gasteiger partial charge in [-0.3, -0.25) is 34.6 Å². The fourth-order valence-electron chi connectivity index (χ4n) is 4.13. The lowest BCUT2D eigenvalue weighted by atomic mass is 10.1. The van der Waals surface area contributed by atoms with Gasteiger partial charge < -0.3 is 19.5 Å². The fourth-order valence-corrected chi connectivity index (χ4v) is 4.13. The molecule has 0 bridgehead atoms. The normalized spacial score (nSPS) is 17.9. The van der Waals surface area contributed by atoms with Crippen LogP contribution in [-0.4, -0.2) is 78.9 Å². The smallest absolute Gasteiger partial charge is 0.306 e. The van der Waals surface area contributed by atoms with Gasteiger partial charge in [0.25, 0.3) is 11.8 Å². The number of amides is 2. The predicted molar refractivity (Wildman–Crippen MR) is 128 cm³/mol. The number of aromatic nitrogens is 1. The van der Waals surface area contributed by atoms with E-state index in [0.717, 1.165) is 5.56 Å². The Morgan fingerprint density at radius 1 is 1.28 bits per heavy atom. The van der Waals surface area contributed by atoms with Crippen molar-refractivity contribution in [2.75, 3.05) is 33.4 Å². The van der Waals surface area contributed by atoms with Crippen molar-refractivity contribution in [2.45, 2.75) is 18.9 Å². The van der Waals surface area contributed by atoms with E-state index in [1.807, 2.05) is 11.0 Å². The van der Waals surface area contributed by atoms with Crippen molar-refractivity contribution in [3.63, 3.8) is 0 Å². The second-order valence-electron chi connectivity index (χ2n) is 8.14. The van der Waals surface area contributed by atoms with Gasteiger partial charge in [0.05, 0.1) is 25.8 Å². The molecule has 36 heavy (non-hydrogen) atoms. The van der Waals surface area contributed by atoms with Gasteiger partial charge in [0.1, 0.15) is 18.1 Å². The molecule has 1 fully saturated rings. The van der Waals surface area contributed by atoms with Crippen LogP contribution in [0, 0.1) is 0 Å². The molecule has 0 radical (unpaired) electrons. The van der Waals surface area contributed by atoms with Crippen LogP contribution in [0.4, 0.5) is 5.69 Å². The van der Waals surface area contributed by atoms with Crippen LogP contribution in [0.1, 0.15) is 28.8 Å². The minimum absolute atomic E-state index is 0.156. The van der Waals surface area contributed by atoms with E-state index in [2.05, 4.69) is 25.6 Å². The molecule has 0 unspecified atom stereocenters. The summed E-state index contributed by atoms with van der Waals surface area (Å²) in [7, 11) is 1.50. The first-order valence-electron chi connectivity index (χ1n) is 11.5. The molecule has 1 atom stereocenters. The Morgan fingerprint density at radius 2 is 2.17 bits per heavy atom. The van der Waals surface area contributed by atoms with Crippen molar-refractivity contribution >= 4 is 35.3 Å². The number of rotatable bonds is 7. The molecule has 2 N–H and O–H groups in total. The highest BCUT2D eigenvalue weighted by Gasteiger charge is 2.33. The molecule has 186 valence electrons. The Morgan fingerprint density at radius 3 is 2.92 bits per heavy atom. The minimum Gasteiger partial charge on any atom is -0.491 e. The second kappa shape index (κ2) is 10.0. The van der Waals surface area contributed by atoms with E-state index in [1.54, 1.807) is 24.4 Å². The van der Waals surface area contributed by atoms with Crippen LogP contribution in [-0.2, 0) is 14.3 Å². The monoisotopic (exact) mass is 492 g/mol. The predicted octanol–water partition coefficient (Wildman–Crippen LogP) is 0.784. The quantitative estimate of drug-likeness (QED) is 0.426. The zero-order valence-electron chi connectivity index (χ0n) is 19.5. The Bertz CT molecular complexity index is 1260. The van der Waals surface area contributed by atoms with Gasteiger partial charge in [0.15, 0.2) is 17.6 Å². The van der Waals surface area contributed by atoms with Gasteiger partial charge >= 0.3 is 5.97 Å². The summed E-state index contributed by atoms with van der Waals surface area (Å²) >= 11 is 0. The van der Waals surface area contributed by atoms with Gasteiger partial charge in [-0.25, -0.2) is 4.99 Å². The van der Waals surface area contributed by atoms with Crippen LogP contribution >= 0.6 is 0 Å². The van der Waals surface area contributed by atoms with Crippen molar-refractivity contribution in [1.82, 2.24) is 20.5 Å². The molecule has 1 aromatic heterocycles. The number of nitrogens with one attached hydrogen (secondary N) is 2. The molecule has 1 aromatic carbocycles. The standard InChI is InChI=1S/C24H24N6O6/c1-34-20-16(35-12-10-27-23(33)17-6-7-18(31)36-17)5-4-15-19(20)28-24(30-11-9-26-21(15)30)29-22(32)14-3-2-8-25-13-14/h2-5,8,13,17H,6-7,9-12H2,1H3,(H,27,33)(H,28,29,32)/t17-/m1/s1. The van der Waals surface area contributed by atoms with Crippen molar-refractivity contribution in [1.29, 1.82) is 0 Å². The van der Waals surface area contributed by atoms with E-state index in [0.29, 0.717) is 54.1 Å². The second-order valence-corrected chi connectivity index (χ2v) is 8.14. The molecule has 12 nitrogen and oxygen atoms in total. The fraction of sp³-hybridized carbons (Fsp3) is 0.333. The van der Waals surface area contributed by atoms with Gasteiger partial charge in [0, 0.05) is 37.3 Å². The molecule has 3 aliphatic rings. The van der Waals surface area contributed by atoms with Crippen LogP contribution in [0.25, 0.3) is 0 Å². The Hall–Kier alpha value is -4.48. The van der Waals surface area contributed by atoms with Crippen LogP contribution in [0.5, 0.6) is 11.5 Å². The highest BCUT2D eigenvalue weighted by Crippen LogP contribution is 2.43. The number of pyridine rings is 1. The summed E-state index contributed by atoms with van der Waals surface area (Å²) in [5, 5.41) is 5.55. The first-order chi connectivity index (χ1) is 17.5. The summed E-state index contributed by atoms with van der Waals surface area (Å²) in [5.41, 5.74) is 1.64. The number of nitrogens with zero attached hydrogens (tertiary/aromatic N) is 4. The third-order valence-electron chi connectivity index (χ3n) is 5.84. The lowest BCUT2D eigenvalue weighted by Crippen LogP contribution is -2.47. The molecule has 2 aromatic rings. The molecule has 0 spiro atoms. The van der Waals surface area contributed by atoms with Crippen molar-refractivity contribution in [2.24, 2.45) is 9.98 Å². The third kappa shape index (κ3) is 4.57. The SMILES string of the molecule is COc1c(OCCNC(=O)[C@H]2CCC(=O)O2)ccc2c1N=C(NC(=O)c1cccnc1)N1CCN=C21. The minimum atomic E-state index is -0.749. The molecule has 3 aliphatic heterocycles. The molecular weight excluding hydrogens is 468 g/mol. The molecule has 1 saturated heterocycles. The van der Waals surface area contributed by atoms with E-state index >= 15 is 0 Å². The van der Waals surface area contributed by atoms with E-state index < -0.39 is 6.10 Å². The van der Waals surface area contributed by atoms with Crippen LogP contribution in [0.2, 0.25) is 0 Å². The van der Waals surface area contributed by atoms with E-state index in [4.69, 9.17) is 14.2 Å². The van der Waals surface area contributed by atoms with Crippen molar-refractivity contribution in [3.05, 3.63) is 47.8 Å². The third-order valence-corrected chi connectivity index (χ3v) is 5.84. The van der Waals surface area contributed by atoms with Crippen molar-refractivity contribution < 1.29 is 28.6 Å². The zero-order chi connectivity index (χ0) is 25.1. The van der Waals surface area contributed by atoms with Gasteiger partial charge in [-0.2, -0.15) is 0 Å². The molecule has 0 saturated carbocycles. The largest absolute Gasteiger partial charge is 0.491 e. The van der Waals surface area contributed by atoms with E-state index in [9.17, 15) is 14.4 Å². The number of benzene rings is 1. The number of aliphatic imine (C=N–C) groups is 2. The van der Waals surface area contributed by atoms with E-state index in [1.165, 1.54) is 13.3 Å². The highest BCUT2D eigenvalue weighted by atomic mass is 16.6. The molecule has 5 rings (SSSR count). The lowest BCUT2D eigenvalue weighted by Gasteiger charge is -2.28. The number of fused-ring (bicyclic) bond motifs is 3. The van der Waals surface area contributed by atoms with Crippen LogP contribution < -0.4 is 20.1 Å². The summed E-state index contributed by atoms with van der Waals surface area (Å²) in [6.07, 6.45) is 2.95. The van der Waals surface area contributed by atoms with Gasteiger partial charge in [0.2, 0.25) is 5.96 Å². The lowest BCUT2D eigenvalue weighted by molar-refractivity contribution is -0.148. The maximum atomic E-state index is 12.8. The number of guanidine groups is 1. The van der Waals surface area contributed by atoms with Gasteiger partial charge in [-0.15, -0.1) is 0 Å². The Labute approximate surface area is 206 Å². The number of hydrogen-bond acceptors (Lipinski definition) is 10. The van der Waals surface area contributed by atoms with E-state index in [-0.39, 0.29) is 37.4 Å². The number of carbonyl (C=O) groups excluding carboxylic acids is 3. The maximum absolute atomic E-state index is 12.8. The first-order valence-corrected chi connectivity index (χ1v) is 11.5. The Balaban J connectivity index is 1.32. The molecular formula is C24H24N6O6. The van der Waals surface area contributed by atoms with Crippen molar-refractivity contribution in [3.8, 4) is 11.5 Å². The average Bonchev–Trinajstić information content (AvgIpc) is 3.56. The van der Waals surface area contributed by atoms with Crippen LogP contribution in [0.3, 0.4) is 0 Å². The van der Waals surface area contributed by atoms with Crippen LogP contribution in [0.15, 0.2) is 46.6 Å². The number of cyclic esters (lactones) is 1. The number of esters is 1. The number of amidine groups is 1. The number of methoxy groups -OCH3 is 1. The number of hydrogen-bond donors (Lipinski definition) is 2. The summed E-state index contributed by atoms with van der Waals surface area (Å²) in [5.74, 6) is 0.766. The molecule has 2 amide bonds. The average molecular weight is 492 g/mol. The molecule has 4 heterocycles. The molecule has 12 heteroatoms. The Kier molecular flexibility index (Phi) is 6.48. The summed E-state index contributed by atoms with van der Waals surface area (Å²) in [4.78, 5) is 51.2. The number of ether oxygens (including phenoxy) is 3. The molecule has 0 aliphatic carbocycles. The van der Waals surface area contributed by atoms with Gasteiger partial charge in [-0.1, -0.05) is 0 Å². The zero-order valence-corrected chi connectivity index (χ0v) is 19.5. The topological polar surface area (TPSA) is 144 Å². The maximum Gasteiger partial charge on any atom is 0.306 e. The summed E-state index contributed by atoms with van der Waals surface area (Å²) in [6, 6.07) is 6.95. The van der Waals surface area contributed by atoms with Gasteiger partial charge in [-0.05, 0) is 24.3 Å². The summed E-state index contributed by atoms with van der Waals surface area (Å²) < 4.78 is 16.4.